The summed E-state index contributed by atoms with van der Waals surface area (Å²) >= 11 is 0. The average Bonchev–Trinajstić information content (AvgIpc) is 2.82. The number of carbonyl (C=O) groups is 1. The lowest BCUT2D eigenvalue weighted by atomic mass is 9.87. The van der Waals surface area contributed by atoms with Gasteiger partial charge in [-0.25, -0.2) is 8.42 Å². The van der Waals surface area contributed by atoms with Gasteiger partial charge in [-0.05, 0) is 67.6 Å². The van der Waals surface area contributed by atoms with Crippen LogP contribution in [0.1, 0.15) is 50.1 Å². The van der Waals surface area contributed by atoms with Crippen LogP contribution in [0.4, 0.5) is 5.69 Å². The van der Waals surface area contributed by atoms with Crippen LogP contribution in [0.2, 0.25) is 0 Å². The molecule has 3 aromatic rings. The van der Waals surface area contributed by atoms with Crippen molar-refractivity contribution in [1.29, 1.82) is 0 Å². The molecule has 35 heavy (non-hydrogen) atoms. The fraction of sp³-hybridized carbons (Fsp3) is 0.357. The highest BCUT2D eigenvalue weighted by atomic mass is 32.2. The van der Waals surface area contributed by atoms with E-state index >= 15 is 0 Å². The SMILES string of the molecule is CCN(Cc1ccc(C)cn1)C(=O)CN(c1ccc(C)cc1)S(=O)(=O)c1ccc(C(C)(C)C)cc1. The van der Waals surface area contributed by atoms with E-state index in [-0.39, 0.29) is 22.8 Å². The lowest BCUT2D eigenvalue weighted by Crippen LogP contribution is -2.43. The second-order valence-corrected chi connectivity index (χ2v) is 11.7. The predicted octanol–water partition coefficient (Wildman–Crippen LogP) is 5.24. The number of hydrogen-bond acceptors (Lipinski definition) is 4. The average molecular weight is 494 g/mol. The number of nitrogens with zero attached hydrogens (tertiary/aromatic N) is 3. The van der Waals surface area contributed by atoms with Gasteiger partial charge in [-0.15, -0.1) is 0 Å². The van der Waals surface area contributed by atoms with Crippen LogP contribution in [0.25, 0.3) is 0 Å². The summed E-state index contributed by atoms with van der Waals surface area (Å²) in [6, 6.07) is 17.9. The first kappa shape index (κ1) is 26.4. The monoisotopic (exact) mass is 493 g/mol. The van der Waals surface area contributed by atoms with Crippen molar-refractivity contribution in [1.82, 2.24) is 9.88 Å². The van der Waals surface area contributed by atoms with Gasteiger partial charge < -0.3 is 4.90 Å². The molecular weight excluding hydrogens is 458 g/mol. The standard InChI is InChI=1S/C28H35N3O3S/c1-7-30(19-24-13-8-22(3)18-29-24)27(32)20-31(25-14-9-21(2)10-15-25)35(33,34)26-16-11-23(12-17-26)28(4,5)6/h8-18H,7,19-20H2,1-6H3. The second-order valence-electron chi connectivity index (χ2n) is 9.86. The van der Waals surface area contributed by atoms with Gasteiger partial charge in [-0.2, -0.15) is 0 Å². The van der Waals surface area contributed by atoms with Crippen molar-refractivity contribution in [2.24, 2.45) is 0 Å². The molecule has 0 saturated carbocycles. The maximum absolute atomic E-state index is 13.8. The number of carbonyl (C=O) groups excluding carboxylic acids is 1. The Hall–Kier alpha value is -3.19. The Labute approximate surface area is 209 Å². The van der Waals surface area contributed by atoms with Crippen LogP contribution < -0.4 is 4.31 Å². The molecule has 0 radical (unpaired) electrons. The second kappa shape index (κ2) is 10.6. The van der Waals surface area contributed by atoms with Crippen molar-refractivity contribution in [3.8, 4) is 0 Å². The summed E-state index contributed by atoms with van der Waals surface area (Å²) in [5.41, 5.74) is 4.20. The quantitative estimate of drug-likeness (QED) is 0.430. The molecule has 0 fully saturated rings. The van der Waals surface area contributed by atoms with E-state index in [1.807, 2.05) is 57.2 Å². The molecule has 1 amide bonds. The summed E-state index contributed by atoms with van der Waals surface area (Å²) in [5.74, 6) is -0.287. The summed E-state index contributed by atoms with van der Waals surface area (Å²) in [5, 5.41) is 0. The zero-order valence-corrected chi connectivity index (χ0v) is 22.3. The number of aromatic nitrogens is 1. The highest BCUT2D eigenvalue weighted by molar-refractivity contribution is 7.92. The molecule has 3 rings (SSSR count). The van der Waals surface area contributed by atoms with Gasteiger partial charge in [-0.1, -0.05) is 56.7 Å². The van der Waals surface area contributed by atoms with Crippen molar-refractivity contribution in [2.45, 2.75) is 58.4 Å². The zero-order valence-electron chi connectivity index (χ0n) is 21.4. The lowest BCUT2D eigenvalue weighted by molar-refractivity contribution is -0.130. The molecule has 0 aliphatic rings. The van der Waals surface area contributed by atoms with Gasteiger partial charge in [0.05, 0.1) is 22.8 Å². The van der Waals surface area contributed by atoms with E-state index in [4.69, 9.17) is 0 Å². The lowest BCUT2D eigenvalue weighted by Gasteiger charge is -2.28. The highest BCUT2D eigenvalue weighted by Gasteiger charge is 2.29. The minimum absolute atomic E-state index is 0.0967. The maximum Gasteiger partial charge on any atom is 0.264 e. The third-order valence-electron chi connectivity index (χ3n) is 5.97. The number of aryl methyl sites for hydroxylation is 2. The molecule has 186 valence electrons. The van der Waals surface area contributed by atoms with Crippen LogP contribution in [0.5, 0.6) is 0 Å². The molecule has 0 spiro atoms. The van der Waals surface area contributed by atoms with Gasteiger partial charge in [0, 0.05) is 12.7 Å². The molecule has 1 aromatic heterocycles. The zero-order chi connectivity index (χ0) is 25.8. The molecule has 0 atom stereocenters. The Morgan fingerprint density at radius 1 is 0.886 bits per heavy atom. The number of amides is 1. The number of anilines is 1. The van der Waals surface area contributed by atoms with E-state index < -0.39 is 10.0 Å². The van der Waals surface area contributed by atoms with Gasteiger partial charge >= 0.3 is 0 Å². The third-order valence-corrected chi connectivity index (χ3v) is 7.76. The summed E-state index contributed by atoms with van der Waals surface area (Å²) < 4.78 is 28.7. The van der Waals surface area contributed by atoms with Crippen molar-refractivity contribution in [2.75, 3.05) is 17.4 Å². The van der Waals surface area contributed by atoms with E-state index in [0.717, 1.165) is 22.4 Å². The molecule has 0 unspecified atom stereocenters. The van der Waals surface area contributed by atoms with Crippen LogP contribution in [0.15, 0.2) is 71.8 Å². The van der Waals surface area contributed by atoms with Gasteiger partial charge in [0.25, 0.3) is 10.0 Å². The third kappa shape index (κ3) is 6.48. The normalized spacial score (nSPS) is 11.8. The Kier molecular flexibility index (Phi) is 8.00. The first-order valence-corrected chi connectivity index (χ1v) is 13.2. The molecule has 0 saturated heterocycles. The smallest absolute Gasteiger partial charge is 0.264 e. The Bertz CT molecular complexity index is 1240. The fourth-order valence-corrected chi connectivity index (χ4v) is 5.08. The minimum atomic E-state index is -3.97. The van der Waals surface area contributed by atoms with Gasteiger partial charge in [-0.3, -0.25) is 14.1 Å². The molecule has 1 heterocycles. The van der Waals surface area contributed by atoms with Crippen molar-refractivity contribution < 1.29 is 13.2 Å². The van der Waals surface area contributed by atoms with Gasteiger partial charge in [0.1, 0.15) is 6.54 Å². The van der Waals surface area contributed by atoms with E-state index in [9.17, 15) is 13.2 Å². The predicted molar refractivity (Wildman–Crippen MR) is 141 cm³/mol. The van der Waals surface area contributed by atoms with E-state index in [2.05, 4.69) is 25.8 Å². The van der Waals surface area contributed by atoms with E-state index in [0.29, 0.717) is 18.8 Å². The summed E-state index contributed by atoms with van der Waals surface area (Å²) in [4.78, 5) is 19.5. The first-order chi connectivity index (χ1) is 16.4. The van der Waals surface area contributed by atoms with Crippen LogP contribution in [0.3, 0.4) is 0 Å². The molecule has 0 aliphatic heterocycles. The number of pyridine rings is 1. The van der Waals surface area contributed by atoms with Crippen LogP contribution in [0, 0.1) is 13.8 Å². The van der Waals surface area contributed by atoms with Crippen LogP contribution >= 0.6 is 0 Å². The molecule has 2 aromatic carbocycles. The van der Waals surface area contributed by atoms with Gasteiger partial charge in [0.15, 0.2) is 0 Å². The highest BCUT2D eigenvalue weighted by Crippen LogP contribution is 2.27. The van der Waals surface area contributed by atoms with Crippen LogP contribution in [-0.2, 0) is 26.8 Å². The number of likely N-dealkylation sites (N-methyl/N-ethyl adjacent to an activating group) is 1. The van der Waals surface area contributed by atoms with E-state index in [1.165, 1.54) is 4.31 Å². The Morgan fingerprint density at radius 3 is 2.00 bits per heavy atom. The number of sulfonamides is 1. The molecular formula is C28H35N3O3S. The Morgan fingerprint density at radius 2 is 1.49 bits per heavy atom. The van der Waals surface area contributed by atoms with Gasteiger partial charge in [0.2, 0.25) is 5.91 Å². The summed E-state index contributed by atoms with van der Waals surface area (Å²) in [6.45, 7) is 12.5. The first-order valence-electron chi connectivity index (χ1n) is 11.8. The molecule has 0 aliphatic carbocycles. The fourth-order valence-electron chi connectivity index (χ4n) is 3.67. The molecule has 7 heteroatoms. The molecule has 6 nitrogen and oxygen atoms in total. The maximum atomic E-state index is 13.8. The Balaban J connectivity index is 1.94. The summed E-state index contributed by atoms with van der Waals surface area (Å²) in [6.07, 6.45) is 1.76. The minimum Gasteiger partial charge on any atom is -0.336 e. The summed E-state index contributed by atoms with van der Waals surface area (Å²) in [7, 11) is -3.97. The van der Waals surface area contributed by atoms with Crippen molar-refractivity contribution in [3.05, 3.63) is 89.2 Å². The molecule has 0 N–H and O–H groups in total. The van der Waals surface area contributed by atoms with Crippen molar-refractivity contribution >= 4 is 21.6 Å². The van der Waals surface area contributed by atoms with Crippen molar-refractivity contribution in [3.63, 3.8) is 0 Å². The number of benzene rings is 2. The largest absolute Gasteiger partial charge is 0.336 e. The number of rotatable bonds is 8. The number of hydrogen-bond donors (Lipinski definition) is 0. The van der Waals surface area contributed by atoms with E-state index in [1.54, 1.807) is 35.4 Å². The topological polar surface area (TPSA) is 70.6 Å². The van der Waals surface area contributed by atoms with Crippen LogP contribution in [-0.4, -0.2) is 37.3 Å². The molecule has 0 bridgehead atoms.